The smallest absolute Gasteiger partial charge is 0.228 e. The summed E-state index contributed by atoms with van der Waals surface area (Å²) in [6.45, 7) is 8.55. The highest BCUT2D eigenvalue weighted by atomic mass is 16.5. The maximum absolute atomic E-state index is 13.7. The van der Waals surface area contributed by atoms with E-state index >= 15 is 0 Å². The van der Waals surface area contributed by atoms with Gasteiger partial charge in [0.1, 0.15) is 0 Å². The number of carbonyl (C=O) groups excluding carboxylic acids is 2. The number of carbonyl (C=O) groups is 2. The molecular weight excluding hydrogens is 364 g/mol. The highest BCUT2D eigenvalue weighted by Crippen LogP contribution is 2.62. The van der Waals surface area contributed by atoms with Crippen LogP contribution in [0.2, 0.25) is 0 Å². The van der Waals surface area contributed by atoms with Gasteiger partial charge in [0.2, 0.25) is 11.8 Å². The van der Waals surface area contributed by atoms with Gasteiger partial charge in [0, 0.05) is 31.0 Å². The molecular formula is C24H36N2O3. The third-order valence-electron chi connectivity index (χ3n) is 10.0. The molecule has 7 fully saturated rings. The van der Waals surface area contributed by atoms with Gasteiger partial charge in [-0.2, -0.15) is 0 Å². The van der Waals surface area contributed by atoms with E-state index in [1.54, 1.807) is 0 Å². The normalized spacial score (nSPS) is 49.3. The Balaban J connectivity index is 1.16. The third-order valence-corrected chi connectivity index (χ3v) is 10.0. The molecule has 0 unspecified atom stereocenters. The fourth-order valence-electron chi connectivity index (χ4n) is 8.27. The van der Waals surface area contributed by atoms with Gasteiger partial charge in [0.25, 0.3) is 0 Å². The van der Waals surface area contributed by atoms with Gasteiger partial charge in [-0.25, -0.2) is 0 Å². The Labute approximate surface area is 174 Å². The van der Waals surface area contributed by atoms with Crippen molar-refractivity contribution in [2.24, 2.45) is 35.0 Å². The first-order chi connectivity index (χ1) is 13.8. The van der Waals surface area contributed by atoms with E-state index in [0.29, 0.717) is 41.2 Å². The monoisotopic (exact) mass is 400 g/mol. The van der Waals surface area contributed by atoms with Crippen molar-refractivity contribution in [3.8, 4) is 0 Å². The summed E-state index contributed by atoms with van der Waals surface area (Å²) in [5.41, 5.74) is 0.334. The molecule has 160 valence electrons. The molecule has 4 aliphatic heterocycles. The number of rotatable bonds is 2. The van der Waals surface area contributed by atoms with Gasteiger partial charge in [-0.3, -0.25) is 9.59 Å². The molecule has 3 aliphatic carbocycles. The molecule has 0 radical (unpaired) electrons. The largest absolute Gasteiger partial charge is 0.374 e. The number of fused-ring (bicyclic) bond motifs is 5. The van der Waals surface area contributed by atoms with Crippen LogP contribution in [0.4, 0.5) is 0 Å². The van der Waals surface area contributed by atoms with E-state index in [2.05, 4.69) is 30.6 Å². The summed E-state index contributed by atoms with van der Waals surface area (Å²) in [6.07, 6.45) is 8.13. The second kappa shape index (κ2) is 6.21. The average Bonchev–Trinajstić information content (AvgIpc) is 3.47. The lowest BCUT2D eigenvalue weighted by molar-refractivity contribution is -0.161. The summed E-state index contributed by atoms with van der Waals surface area (Å²) in [4.78, 5) is 31.2. The summed E-state index contributed by atoms with van der Waals surface area (Å²) in [7, 11) is 0. The fraction of sp³-hybridized carbons (Fsp3) is 0.917. The quantitative estimate of drug-likeness (QED) is 0.716. The Morgan fingerprint density at radius 2 is 1.76 bits per heavy atom. The lowest BCUT2D eigenvalue weighted by Crippen LogP contribution is -2.58. The number of hydrogen-bond acceptors (Lipinski definition) is 3. The molecule has 2 amide bonds. The first-order valence-corrected chi connectivity index (χ1v) is 12.1. The van der Waals surface area contributed by atoms with Crippen LogP contribution in [0.15, 0.2) is 0 Å². The second-order valence-electron chi connectivity index (χ2n) is 11.7. The highest BCUT2D eigenvalue weighted by molar-refractivity contribution is 5.82. The highest BCUT2D eigenvalue weighted by Gasteiger charge is 2.59. The molecule has 0 aromatic carbocycles. The summed E-state index contributed by atoms with van der Waals surface area (Å²) in [5, 5.41) is 0. The molecule has 0 spiro atoms. The number of likely N-dealkylation sites (tertiary alicyclic amines) is 2. The van der Waals surface area contributed by atoms with Crippen molar-refractivity contribution in [1.82, 2.24) is 9.80 Å². The number of nitrogens with zero attached hydrogens (tertiary/aromatic N) is 2. The maximum atomic E-state index is 13.7. The van der Waals surface area contributed by atoms with Crippen LogP contribution in [-0.4, -0.2) is 59.0 Å². The topological polar surface area (TPSA) is 49.9 Å². The minimum atomic E-state index is 0.0696. The van der Waals surface area contributed by atoms with E-state index in [1.807, 2.05) is 0 Å². The molecule has 29 heavy (non-hydrogen) atoms. The number of amides is 2. The van der Waals surface area contributed by atoms with Crippen LogP contribution in [0.25, 0.3) is 0 Å². The number of ether oxygens (including phenoxy) is 1. The molecule has 4 saturated heterocycles. The van der Waals surface area contributed by atoms with Crippen LogP contribution in [0.5, 0.6) is 0 Å². The first kappa shape index (κ1) is 18.7. The van der Waals surface area contributed by atoms with Crippen LogP contribution in [0, 0.1) is 35.0 Å². The van der Waals surface area contributed by atoms with E-state index < -0.39 is 0 Å². The second-order valence-corrected chi connectivity index (χ2v) is 11.7. The predicted octanol–water partition coefficient (Wildman–Crippen LogP) is 3.07. The van der Waals surface area contributed by atoms with Crippen LogP contribution >= 0.6 is 0 Å². The molecule has 5 nitrogen and oxygen atoms in total. The lowest BCUT2D eigenvalue weighted by atomic mass is 9.45. The van der Waals surface area contributed by atoms with Crippen LogP contribution < -0.4 is 0 Å². The van der Waals surface area contributed by atoms with Crippen LogP contribution in [-0.2, 0) is 14.3 Å². The fourth-order valence-corrected chi connectivity index (χ4v) is 8.27. The Bertz CT molecular complexity index is 734. The minimum absolute atomic E-state index is 0.0696. The molecule has 0 N–H and O–H groups in total. The van der Waals surface area contributed by atoms with Crippen molar-refractivity contribution >= 4 is 11.8 Å². The van der Waals surface area contributed by atoms with Gasteiger partial charge < -0.3 is 14.5 Å². The lowest BCUT2D eigenvalue weighted by Gasteiger charge is -2.60. The van der Waals surface area contributed by atoms with Gasteiger partial charge in [0.05, 0.1) is 24.2 Å². The minimum Gasteiger partial charge on any atom is -0.374 e. The average molecular weight is 401 g/mol. The van der Waals surface area contributed by atoms with Crippen molar-refractivity contribution in [3.05, 3.63) is 0 Å². The zero-order valence-electron chi connectivity index (χ0n) is 18.2. The van der Waals surface area contributed by atoms with Crippen molar-refractivity contribution in [2.75, 3.05) is 13.1 Å². The molecule has 4 heterocycles. The number of hydrogen-bond donors (Lipinski definition) is 0. The molecule has 5 heteroatoms. The van der Waals surface area contributed by atoms with E-state index in [4.69, 9.17) is 4.74 Å². The molecule has 3 saturated carbocycles. The van der Waals surface area contributed by atoms with Gasteiger partial charge in [-0.1, -0.05) is 13.8 Å². The van der Waals surface area contributed by atoms with E-state index in [-0.39, 0.29) is 24.0 Å². The molecule has 7 aliphatic rings. The standard InChI is InChI=1S/C24H36N2O3/c1-13-8-14-11-25(22(27)18-10-16-5-7-21(18)29-16)12-20(14)26(13)23(28)17-6-4-15-9-19(17)24(15,2)3/h13-21H,4-12H2,1-3H3/t13-,14+,15+,16+,17-,18-,19+,20-,21-/m1/s1. The predicted molar refractivity (Wildman–Crippen MR) is 109 cm³/mol. The molecule has 4 bridgehead atoms. The molecule has 0 aromatic rings. The van der Waals surface area contributed by atoms with E-state index in [9.17, 15) is 9.59 Å². The molecule has 7 rings (SSSR count). The maximum Gasteiger partial charge on any atom is 0.228 e. The van der Waals surface area contributed by atoms with Crippen molar-refractivity contribution in [2.45, 2.75) is 90.0 Å². The zero-order chi connectivity index (χ0) is 20.1. The van der Waals surface area contributed by atoms with E-state index in [0.717, 1.165) is 51.1 Å². The summed E-state index contributed by atoms with van der Waals surface area (Å²) >= 11 is 0. The molecule has 0 aromatic heterocycles. The van der Waals surface area contributed by atoms with Gasteiger partial charge in [-0.05, 0) is 69.1 Å². The Kier molecular flexibility index (Phi) is 3.99. The van der Waals surface area contributed by atoms with Crippen LogP contribution in [0.1, 0.15) is 65.7 Å². The SMILES string of the molecule is C[C@@H]1C[C@H]2CN(C(=O)[C@@H]3C[C@@H]4CC[C@H]3O4)C[C@H]2N1C(=O)[C@@H]1CC[C@H]2C[C@@H]1C2(C)C. The van der Waals surface area contributed by atoms with Crippen molar-refractivity contribution in [1.29, 1.82) is 0 Å². The van der Waals surface area contributed by atoms with Gasteiger partial charge >= 0.3 is 0 Å². The van der Waals surface area contributed by atoms with Crippen molar-refractivity contribution in [3.63, 3.8) is 0 Å². The Morgan fingerprint density at radius 1 is 0.931 bits per heavy atom. The Hall–Kier alpha value is -1.10. The van der Waals surface area contributed by atoms with Crippen LogP contribution in [0.3, 0.4) is 0 Å². The summed E-state index contributed by atoms with van der Waals surface area (Å²) in [5.74, 6) is 2.82. The third kappa shape index (κ3) is 2.55. The summed E-state index contributed by atoms with van der Waals surface area (Å²) in [6, 6.07) is 0.559. The van der Waals surface area contributed by atoms with Crippen molar-refractivity contribution < 1.29 is 14.3 Å². The first-order valence-electron chi connectivity index (χ1n) is 12.1. The van der Waals surface area contributed by atoms with E-state index in [1.165, 1.54) is 12.8 Å². The zero-order valence-corrected chi connectivity index (χ0v) is 18.2. The molecule has 9 atom stereocenters. The van der Waals surface area contributed by atoms with Gasteiger partial charge in [0.15, 0.2) is 0 Å². The van der Waals surface area contributed by atoms with Gasteiger partial charge in [-0.15, -0.1) is 0 Å². The summed E-state index contributed by atoms with van der Waals surface area (Å²) < 4.78 is 5.94. The Morgan fingerprint density at radius 3 is 2.41 bits per heavy atom.